The number of thiazole rings is 1. The second-order valence-corrected chi connectivity index (χ2v) is 8.20. The molecule has 0 aliphatic rings. The summed E-state index contributed by atoms with van der Waals surface area (Å²) in [7, 11) is 4.67. The van der Waals surface area contributed by atoms with E-state index < -0.39 is 0 Å². The predicted molar refractivity (Wildman–Crippen MR) is 129 cm³/mol. The van der Waals surface area contributed by atoms with E-state index in [0.29, 0.717) is 41.4 Å². The second kappa shape index (κ2) is 12.1. The Labute approximate surface area is 202 Å². The van der Waals surface area contributed by atoms with E-state index in [2.05, 4.69) is 15.3 Å². The van der Waals surface area contributed by atoms with Crippen molar-refractivity contribution in [2.45, 2.75) is 19.9 Å². The lowest BCUT2D eigenvalue weighted by molar-refractivity contribution is -0.124. The van der Waals surface area contributed by atoms with Gasteiger partial charge in [0.2, 0.25) is 5.91 Å². The standard InChI is InChI=1S/C24H28N4O5S/c1-16-6-7-17(13-26-16)23(30)27-24-28(11-5-10-25-22(29)14-31-2)20(15-34-24)19-9-8-18(32-3)12-21(19)33-4/h6-9,12-13,15H,5,10-11,14H2,1-4H3,(H,25,29). The first kappa shape index (κ1) is 25.1. The Morgan fingerprint density at radius 1 is 1.15 bits per heavy atom. The lowest BCUT2D eigenvalue weighted by Gasteiger charge is -2.13. The Bertz CT molecular complexity index is 1200. The molecule has 0 saturated carbocycles. The van der Waals surface area contributed by atoms with Crippen LogP contribution >= 0.6 is 11.3 Å². The van der Waals surface area contributed by atoms with Crippen molar-refractivity contribution in [2.75, 3.05) is 34.5 Å². The number of hydrogen-bond acceptors (Lipinski definition) is 7. The van der Waals surface area contributed by atoms with Crippen LogP contribution in [-0.4, -0.2) is 55.8 Å². The third-order valence-electron chi connectivity index (χ3n) is 4.99. The summed E-state index contributed by atoms with van der Waals surface area (Å²) in [5.74, 6) is 0.765. The van der Waals surface area contributed by atoms with Crippen LogP contribution in [0.5, 0.6) is 11.5 Å². The Kier molecular flexibility index (Phi) is 8.94. The lowest BCUT2D eigenvalue weighted by Crippen LogP contribution is -2.29. The van der Waals surface area contributed by atoms with Crippen molar-refractivity contribution in [3.8, 4) is 22.8 Å². The van der Waals surface area contributed by atoms with Crippen LogP contribution in [0, 0.1) is 6.92 Å². The minimum atomic E-state index is -0.371. The summed E-state index contributed by atoms with van der Waals surface area (Å²) in [6, 6.07) is 9.06. The van der Waals surface area contributed by atoms with Crippen molar-refractivity contribution in [3.63, 3.8) is 0 Å². The highest BCUT2D eigenvalue weighted by Crippen LogP contribution is 2.33. The lowest BCUT2D eigenvalue weighted by atomic mass is 10.1. The molecule has 0 spiro atoms. The van der Waals surface area contributed by atoms with Gasteiger partial charge in [-0.05, 0) is 37.6 Å². The molecule has 2 aromatic heterocycles. The molecular formula is C24H28N4O5S. The van der Waals surface area contributed by atoms with Crippen LogP contribution in [0.1, 0.15) is 22.5 Å². The van der Waals surface area contributed by atoms with Gasteiger partial charge in [-0.15, -0.1) is 11.3 Å². The third-order valence-corrected chi connectivity index (χ3v) is 5.86. The summed E-state index contributed by atoms with van der Waals surface area (Å²) in [5.41, 5.74) is 2.93. The van der Waals surface area contributed by atoms with E-state index in [-0.39, 0.29) is 18.4 Å². The van der Waals surface area contributed by atoms with E-state index >= 15 is 0 Å². The fourth-order valence-corrected chi connectivity index (χ4v) is 4.18. The molecule has 3 aromatic rings. The number of methoxy groups -OCH3 is 3. The number of pyridine rings is 1. The number of carbonyl (C=O) groups is 2. The highest BCUT2D eigenvalue weighted by Gasteiger charge is 2.15. The fraction of sp³-hybridized carbons (Fsp3) is 0.333. The van der Waals surface area contributed by atoms with Gasteiger partial charge in [0.25, 0.3) is 5.91 Å². The monoisotopic (exact) mass is 484 g/mol. The molecule has 0 aliphatic heterocycles. The van der Waals surface area contributed by atoms with Crippen LogP contribution in [-0.2, 0) is 16.1 Å². The molecule has 0 bridgehead atoms. The number of hydrogen-bond donors (Lipinski definition) is 1. The maximum Gasteiger partial charge on any atom is 0.281 e. The SMILES string of the molecule is COCC(=O)NCCCn1c(-c2ccc(OC)cc2OC)csc1=NC(=O)c1ccc(C)nc1. The number of carbonyl (C=O) groups excluding carboxylic acids is 2. The number of rotatable bonds is 10. The normalized spacial score (nSPS) is 11.4. The summed E-state index contributed by atoms with van der Waals surface area (Å²) in [6.45, 7) is 2.86. The molecule has 2 heterocycles. The van der Waals surface area contributed by atoms with E-state index in [1.54, 1.807) is 26.4 Å². The minimum absolute atomic E-state index is 0.0135. The zero-order valence-electron chi connectivity index (χ0n) is 19.7. The largest absolute Gasteiger partial charge is 0.497 e. The maximum atomic E-state index is 12.8. The first-order valence-corrected chi connectivity index (χ1v) is 11.5. The van der Waals surface area contributed by atoms with E-state index in [0.717, 1.165) is 17.0 Å². The Hall–Kier alpha value is -3.50. The van der Waals surface area contributed by atoms with Gasteiger partial charge < -0.3 is 24.1 Å². The molecule has 10 heteroatoms. The molecule has 3 rings (SSSR count). The molecule has 0 unspecified atom stereocenters. The van der Waals surface area contributed by atoms with Crippen LogP contribution in [0.4, 0.5) is 0 Å². The number of amides is 2. The molecule has 0 fully saturated rings. The first-order valence-electron chi connectivity index (χ1n) is 10.6. The molecule has 34 heavy (non-hydrogen) atoms. The number of nitrogens with zero attached hydrogens (tertiary/aromatic N) is 3. The van der Waals surface area contributed by atoms with E-state index in [4.69, 9.17) is 14.2 Å². The summed E-state index contributed by atoms with van der Waals surface area (Å²) in [6.07, 6.45) is 2.16. The molecule has 180 valence electrons. The van der Waals surface area contributed by atoms with Crippen molar-refractivity contribution in [1.29, 1.82) is 0 Å². The summed E-state index contributed by atoms with van der Waals surface area (Å²) in [4.78, 5) is 33.6. The minimum Gasteiger partial charge on any atom is -0.497 e. The Morgan fingerprint density at radius 3 is 2.65 bits per heavy atom. The van der Waals surface area contributed by atoms with Gasteiger partial charge in [-0.2, -0.15) is 4.99 Å². The molecule has 2 amide bonds. The van der Waals surface area contributed by atoms with Crippen molar-refractivity contribution >= 4 is 23.2 Å². The van der Waals surface area contributed by atoms with Gasteiger partial charge in [0, 0.05) is 49.1 Å². The van der Waals surface area contributed by atoms with E-state index in [1.807, 2.05) is 35.1 Å². The summed E-state index contributed by atoms with van der Waals surface area (Å²) in [5, 5.41) is 4.75. The zero-order valence-corrected chi connectivity index (χ0v) is 20.5. The zero-order chi connectivity index (χ0) is 24.5. The van der Waals surface area contributed by atoms with Gasteiger partial charge in [0.05, 0.1) is 25.5 Å². The van der Waals surface area contributed by atoms with Gasteiger partial charge in [-0.25, -0.2) is 0 Å². The van der Waals surface area contributed by atoms with Gasteiger partial charge in [0.1, 0.15) is 18.1 Å². The number of benzene rings is 1. The van der Waals surface area contributed by atoms with Gasteiger partial charge in [0.15, 0.2) is 4.80 Å². The Morgan fingerprint density at radius 2 is 1.97 bits per heavy atom. The maximum absolute atomic E-state index is 12.8. The third kappa shape index (κ3) is 6.30. The van der Waals surface area contributed by atoms with Crippen LogP contribution in [0.3, 0.4) is 0 Å². The van der Waals surface area contributed by atoms with E-state index in [9.17, 15) is 9.59 Å². The first-order chi connectivity index (χ1) is 16.5. The summed E-state index contributed by atoms with van der Waals surface area (Å²) >= 11 is 1.36. The van der Waals surface area contributed by atoms with Crippen molar-refractivity contribution in [2.24, 2.45) is 4.99 Å². The Balaban J connectivity index is 1.96. The quantitative estimate of drug-likeness (QED) is 0.444. The molecular weight excluding hydrogens is 456 g/mol. The number of aryl methyl sites for hydroxylation is 1. The van der Waals surface area contributed by atoms with Crippen LogP contribution in [0.15, 0.2) is 46.9 Å². The molecule has 0 radical (unpaired) electrons. The van der Waals surface area contributed by atoms with Crippen LogP contribution < -0.4 is 19.6 Å². The number of nitrogens with one attached hydrogen (secondary N) is 1. The second-order valence-electron chi connectivity index (χ2n) is 7.36. The van der Waals surface area contributed by atoms with Crippen LogP contribution in [0.25, 0.3) is 11.3 Å². The smallest absolute Gasteiger partial charge is 0.281 e. The fourth-order valence-electron chi connectivity index (χ4n) is 3.25. The van der Waals surface area contributed by atoms with Gasteiger partial charge in [-0.3, -0.25) is 14.6 Å². The van der Waals surface area contributed by atoms with Crippen molar-refractivity contribution in [3.05, 3.63) is 58.0 Å². The predicted octanol–water partition coefficient (Wildman–Crippen LogP) is 2.83. The molecule has 1 aromatic carbocycles. The van der Waals surface area contributed by atoms with E-state index in [1.165, 1.54) is 24.6 Å². The van der Waals surface area contributed by atoms with Crippen molar-refractivity contribution < 1.29 is 23.8 Å². The molecule has 9 nitrogen and oxygen atoms in total. The highest BCUT2D eigenvalue weighted by atomic mass is 32.1. The molecule has 1 N–H and O–H groups in total. The van der Waals surface area contributed by atoms with Gasteiger partial charge in [-0.1, -0.05) is 0 Å². The van der Waals surface area contributed by atoms with Crippen molar-refractivity contribution in [1.82, 2.24) is 14.9 Å². The van der Waals surface area contributed by atoms with Crippen LogP contribution in [0.2, 0.25) is 0 Å². The molecule has 0 atom stereocenters. The average molecular weight is 485 g/mol. The number of ether oxygens (including phenoxy) is 3. The highest BCUT2D eigenvalue weighted by molar-refractivity contribution is 7.07. The number of aromatic nitrogens is 2. The van der Waals surface area contributed by atoms with Gasteiger partial charge >= 0.3 is 0 Å². The summed E-state index contributed by atoms with van der Waals surface area (Å²) < 4.78 is 17.7. The molecule has 0 aliphatic carbocycles. The molecule has 0 saturated heterocycles. The topological polar surface area (TPSA) is 104 Å². The average Bonchev–Trinajstić information content (AvgIpc) is 3.23.